The van der Waals surface area contributed by atoms with Gasteiger partial charge in [-0.3, -0.25) is 0 Å². The molecule has 0 heterocycles. The molecule has 0 unspecified atom stereocenters. The van der Waals surface area contributed by atoms with E-state index in [1.54, 1.807) is 0 Å². The van der Waals surface area contributed by atoms with Crippen LogP contribution in [0.4, 0.5) is 13.2 Å². The lowest BCUT2D eigenvalue weighted by Crippen LogP contribution is -2.19. The van der Waals surface area contributed by atoms with Gasteiger partial charge >= 0.3 is 12.3 Å². The molecule has 1 rings (SSSR count). The highest BCUT2D eigenvalue weighted by Crippen LogP contribution is 2.29. The summed E-state index contributed by atoms with van der Waals surface area (Å²) >= 11 is 0. The van der Waals surface area contributed by atoms with Crippen molar-refractivity contribution in [3.8, 4) is 11.8 Å². The number of hydrogen-bond donors (Lipinski definition) is 2. The molecule has 1 aromatic rings. The lowest BCUT2D eigenvalue weighted by atomic mass is 10.0. The SMILES string of the molecule is N#Cc1c(OC(F)(F)F)ccc(C(=O)O)c1CN. The number of rotatable bonds is 3. The first-order valence-electron chi connectivity index (χ1n) is 4.55. The van der Waals surface area contributed by atoms with Crippen molar-refractivity contribution in [2.45, 2.75) is 12.9 Å². The molecule has 3 N–H and O–H groups in total. The van der Waals surface area contributed by atoms with E-state index in [0.29, 0.717) is 0 Å². The van der Waals surface area contributed by atoms with Crippen molar-refractivity contribution in [3.05, 3.63) is 28.8 Å². The summed E-state index contributed by atoms with van der Waals surface area (Å²) < 4.78 is 39.8. The molecule has 0 aliphatic heterocycles. The summed E-state index contributed by atoms with van der Waals surface area (Å²) in [5, 5.41) is 17.6. The molecule has 0 aliphatic rings. The Labute approximate surface area is 99.2 Å². The molecule has 0 spiro atoms. The molecule has 0 fully saturated rings. The fraction of sp³-hybridized carbons (Fsp3) is 0.200. The van der Waals surface area contributed by atoms with Crippen molar-refractivity contribution in [2.24, 2.45) is 5.73 Å². The van der Waals surface area contributed by atoms with Gasteiger partial charge in [0.1, 0.15) is 11.8 Å². The Morgan fingerprint density at radius 3 is 2.50 bits per heavy atom. The number of carboxylic acids is 1. The molecule has 0 atom stereocenters. The first kappa shape index (κ1) is 13.8. The normalized spacial score (nSPS) is 10.8. The number of aromatic carboxylic acids is 1. The number of halogens is 3. The predicted octanol–water partition coefficient (Wildman–Crippen LogP) is 1.61. The van der Waals surface area contributed by atoms with E-state index in [2.05, 4.69) is 4.74 Å². The first-order valence-corrected chi connectivity index (χ1v) is 4.55. The molecule has 96 valence electrons. The molecule has 0 aromatic heterocycles. The number of carbonyl (C=O) groups is 1. The summed E-state index contributed by atoms with van der Waals surface area (Å²) in [7, 11) is 0. The Balaban J connectivity index is 3.41. The van der Waals surface area contributed by atoms with Crippen molar-refractivity contribution in [2.75, 3.05) is 0 Å². The summed E-state index contributed by atoms with van der Waals surface area (Å²) in [6, 6.07) is 3.15. The molecule has 5 nitrogen and oxygen atoms in total. The molecule has 0 radical (unpaired) electrons. The van der Waals surface area contributed by atoms with Crippen molar-refractivity contribution in [1.29, 1.82) is 5.26 Å². The molecular weight excluding hydrogens is 253 g/mol. The Morgan fingerprint density at radius 1 is 1.50 bits per heavy atom. The third-order valence-electron chi connectivity index (χ3n) is 2.05. The number of nitrogens with zero attached hydrogens (tertiary/aromatic N) is 1. The highest BCUT2D eigenvalue weighted by molar-refractivity contribution is 5.90. The summed E-state index contributed by atoms with van der Waals surface area (Å²) in [4.78, 5) is 10.8. The summed E-state index contributed by atoms with van der Waals surface area (Å²) in [6.45, 7) is -0.389. The van der Waals surface area contributed by atoms with E-state index in [0.717, 1.165) is 12.1 Å². The van der Waals surface area contributed by atoms with Crippen LogP contribution in [0.2, 0.25) is 0 Å². The zero-order valence-corrected chi connectivity index (χ0v) is 8.78. The number of hydrogen-bond acceptors (Lipinski definition) is 4. The zero-order valence-electron chi connectivity index (χ0n) is 8.78. The molecule has 18 heavy (non-hydrogen) atoms. The maximum atomic E-state index is 12.1. The number of nitriles is 1. The van der Waals surface area contributed by atoms with Gasteiger partial charge < -0.3 is 15.6 Å². The van der Waals surface area contributed by atoms with Gasteiger partial charge in [0, 0.05) is 12.1 Å². The molecule has 0 bridgehead atoms. The van der Waals surface area contributed by atoms with E-state index in [-0.39, 0.29) is 17.7 Å². The van der Waals surface area contributed by atoms with Gasteiger partial charge in [-0.1, -0.05) is 0 Å². The van der Waals surface area contributed by atoms with E-state index >= 15 is 0 Å². The fourth-order valence-corrected chi connectivity index (χ4v) is 1.37. The number of carboxylic acid groups (broad SMARTS) is 1. The monoisotopic (exact) mass is 260 g/mol. The minimum absolute atomic E-state index is 0.202. The average Bonchev–Trinajstić information content (AvgIpc) is 2.25. The lowest BCUT2D eigenvalue weighted by molar-refractivity contribution is -0.274. The number of alkyl halides is 3. The molecule has 0 saturated carbocycles. The third kappa shape index (κ3) is 2.89. The van der Waals surface area contributed by atoms with Crippen LogP contribution in [-0.2, 0) is 6.54 Å². The second-order valence-corrected chi connectivity index (χ2v) is 3.13. The maximum absolute atomic E-state index is 12.1. The van der Waals surface area contributed by atoms with Crippen LogP contribution >= 0.6 is 0 Å². The molecule has 8 heteroatoms. The molecular formula is C10H7F3N2O3. The van der Waals surface area contributed by atoms with Crippen molar-refractivity contribution < 1.29 is 27.8 Å². The lowest BCUT2D eigenvalue weighted by Gasteiger charge is -2.13. The maximum Gasteiger partial charge on any atom is 0.573 e. The van der Waals surface area contributed by atoms with Gasteiger partial charge in [-0.25, -0.2) is 4.79 Å². The van der Waals surface area contributed by atoms with Crippen LogP contribution in [-0.4, -0.2) is 17.4 Å². The Hall–Kier alpha value is -2.27. The van der Waals surface area contributed by atoms with E-state index < -0.39 is 23.6 Å². The van der Waals surface area contributed by atoms with Gasteiger partial charge in [0.25, 0.3) is 0 Å². The van der Waals surface area contributed by atoms with Crippen molar-refractivity contribution in [3.63, 3.8) is 0 Å². The van der Waals surface area contributed by atoms with Crippen LogP contribution in [0.5, 0.6) is 5.75 Å². The van der Waals surface area contributed by atoms with Gasteiger partial charge in [0.05, 0.1) is 11.1 Å². The van der Waals surface area contributed by atoms with E-state index in [4.69, 9.17) is 16.1 Å². The standard InChI is InChI=1S/C10H7F3N2O3/c11-10(12,13)18-8-2-1-5(9(16)17)6(3-14)7(8)4-15/h1-2H,3,14H2,(H,16,17). The quantitative estimate of drug-likeness (QED) is 0.860. The predicted molar refractivity (Wildman–Crippen MR) is 52.7 cm³/mol. The molecule has 0 aliphatic carbocycles. The van der Waals surface area contributed by atoms with Crippen LogP contribution in [0.15, 0.2) is 12.1 Å². The first-order chi connectivity index (χ1) is 8.30. The van der Waals surface area contributed by atoms with E-state index in [1.807, 2.05) is 0 Å². The molecule has 1 aromatic carbocycles. The summed E-state index contributed by atoms with van der Waals surface area (Å²) in [6.07, 6.45) is -4.97. The van der Waals surface area contributed by atoms with Gasteiger partial charge in [-0.2, -0.15) is 5.26 Å². The van der Waals surface area contributed by atoms with Crippen LogP contribution in [0, 0.1) is 11.3 Å². The molecule has 0 amide bonds. The Bertz CT molecular complexity index is 520. The Kier molecular flexibility index (Phi) is 3.78. The average molecular weight is 260 g/mol. The van der Waals surface area contributed by atoms with Gasteiger partial charge in [-0.15, -0.1) is 13.2 Å². The smallest absolute Gasteiger partial charge is 0.478 e. The second kappa shape index (κ2) is 4.93. The minimum atomic E-state index is -4.97. The number of ether oxygens (including phenoxy) is 1. The topological polar surface area (TPSA) is 96.3 Å². The summed E-state index contributed by atoms with van der Waals surface area (Å²) in [5.41, 5.74) is 4.18. The zero-order chi connectivity index (χ0) is 13.9. The van der Waals surface area contributed by atoms with Crippen LogP contribution in [0.1, 0.15) is 21.5 Å². The van der Waals surface area contributed by atoms with E-state index in [9.17, 15) is 18.0 Å². The highest BCUT2D eigenvalue weighted by atomic mass is 19.4. The second-order valence-electron chi connectivity index (χ2n) is 3.13. The minimum Gasteiger partial charge on any atom is -0.478 e. The Morgan fingerprint density at radius 2 is 2.11 bits per heavy atom. The van der Waals surface area contributed by atoms with Crippen molar-refractivity contribution in [1.82, 2.24) is 0 Å². The molecule has 0 saturated heterocycles. The van der Waals surface area contributed by atoms with Crippen LogP contribution in [0.25, 0.3) is 0 Å². The van der Waals surface area contributed by atoms with Crippen LogP contribution < -0.4 is 10.5 Å². The van der Waals surface area contributed by atoms with E-state index in [1.165, 1.54) is 6.07 Å². The van der Waals surface area contributed by atoms with Crippen molar-refractivity contribution >= 4 is 5.97 Å². The van der Waals surface area contributed by atoms with Crippen LogP contribution in [0.3, 0.4) is 0 Å². The summed E-state index contributed by atoms with van der Waals surface area (Å²) in [5.74, 6) is -2.15. The number of benzene rings is 1. The largest absolute Gasteiger partial charge is 0.573 e. The van der Waals surface area contributed by atoms with Gasteiger partial charge in [0.15, 0.2) is 0 Å². The van der Waals surface area contributed by atoms with Gasteiger partial charge in [0.2, 0.25) is 0 Å². The fourth-order valence-electron chi connectivity index (χ4n) is 1.37. The number of nitrogens with two attached hydrogens (primary N) is 1. The third-order valence-corrected chi connectivity index (χ3v) is 2.05. The highest BCUT2D eigenvalue weighted by Gasteiger charge is 2.33. The van der Waals surface area contributed by atoms with Gasteiger partial charge in [-0.05, 0) is 12.1 Å².